The smallest absolute Gasteiger partial charge is 0.178 e. The molecule has 3 N–H and O–H groups in total. The zero-order valence-corrected chi connectivity index (χ0v) is 22.0. The Hall–Kier alpha value is -4.73. The minimum absolute atomic E-state index is 0.631. The Morgan fingerprint density at radius 1 is 0.897 bits per heavy atom. The molecule has 190 valence electrons. The van der Waals surface area contributed by atoms with Gasteiger partial charge in [-0.1, -0.05) is 30.3 Å². The van der Waals surface area contributed by atoms with Crippen molar-refractivity contribution in [3.8, 4) is 33.2 Å². The minimum Gasteiger partial charge on any atom is -0.335 e. The highest BCUT2D eigenvalue weighted by molar-refractivity contribution is 7.15. The summed E-state index contributed by atoms with van der Waals surface area (Å²) in [5.74, 6) is 0.631. The first-order valence-corrected chi connectivity index (χ1v) is 13.5. The van der Waals surface area contributed by atoms with Crippen molar-refractivity contribution >= 4 is 33.5 Å². The molecule has 1 aromatic carbocycles. The summed E-state index contributed by atoms with van der Waals surface area (Å²) in [4.78, 5) is 24.6. The third kappa shape index (κ3) is 4.58. The van der Waals surface area contributed by atoms with Crippen LogP contribution in [0.5, 0.6) is 0 Å². The van der Waals surface area contributed by atoms with Crippen LogP contribution in [0.15, 0.2) is 85.3 Å². The van der Waals surface area contributed by atoms with Gasteiger partial charge in [0.15, 0.2) is 17.2 Å². The van der Waals surface area contributed by atoms with Crippen molar-refractivity contribution in [3.05, 3.63) is 101 Å². The van der Waals surface area contributed by atoms with Gasteiger partial charge in [0, 0.05) is 52.6 Å². The highest BCUT2D eigenvalue weighted by Gasteiger charge is 2.18. The topological polar surface area (TPSA) is 108 Å². The number of aryl methyl sites for hydroxylation is 1. The van der Waals surface area contributed by atoms with Gasteiger partial charge >= 0.3 is 0 Å². The summed E-state index contributed by atoms with van der Waals surface area (Å²) in [6.45, 7) is 3.62. The summed E-state index contributed by atoms with van der Waals surface area (Å²) in [7, 11) is 0. The van der Waals surface area contributed by atoms with Gasteiger partial charge in [-0.3, -0.25) is 10.1 Å². The number of aromatic amines is 2. The summed E-state index contributed by atoms with van der Waals surface area (Å²) in [5.41, 5.74) is 8.98. The van der Waals surface area contributed by atoms with Gasteiger partial charge in [-0.15, -0.1) is 11.3 Å². The van der Waals surface area contributed by atoms with E-state index in [1.807, 2.05) is 36.7 Å². The summed E-state index contributed by atoms with van der Waals surface area (Å²) >= 11 is 1.75. The molecule has 7 rings (SSSR count). The normalized spacial score (nSPS) is 11.5. The zero-order valence-electron chi connectivity index (χ0n) is 21.1. The Bertz CT molecular complexity index is 1920. The number of imidazole rings is 1. The van der Waals surface area contributed by atoms with E-state index in [1.54, 1.807) is 17.5 Å². The third-order valence-electron chi connectivity index (χ3n) is 6.62. The summed E-state index contributed by atoms with van der Waals surface area (Å²) in [6.07, 6.45) is 5.53. The second-order valence-electron chi connectivity index (χ2n) is 9.39. The highest BCUT2D eigenvalue weighted by atomic mass is 32.1. The van der Waals surface area contributed by atoms with E-state index < -0.39 is 0 Å². The Morgan fingerprint density at radius 3 is 2.67 bits per heavy atom. The maximum absolute atomic E-state index is 4.97. The molecule has 39 heavy (non-hydrogen) atoms. The predicted molar refractivity (Wildman–Crippen MR) is 155 cm³/mol. The van der Waals surface area contributed by atoms with Gasteiger partial charge < -0.3 is 10.3 Å². The van der Waals surface area contributed by atoms with Gasteiger partial charge in [0.05, 0.1) is 16.7 Å². The Labute approximate surface area is 228 Å². The second kappa shape index (κ2) is 9.86. The molecular weight excluding hydrogens is 504 g/mol. The molecule has 8 nitrogen and oxygen atoms in total. The van der Waals surface area contributed by atoms with Crippen LogP contribution in [0, 0.1) is 6.92 Å². The molecule has 0 saturated carbocycles. The molecule has 0 fully saturated rings. The Balaban J connectivity index is 1.20. The van der Waals surface area contributed by atoms with Crippen LogP contribution in [-0.4, -0.2) is 35.1 Å². The number of hydrogen-bond acceptors (Lipinski definition) is 7. The largest absolute Gasteiger partial charge is 0.335 e. The van der Waals surface area contributed by atoms with Crippen LogP contribution < -0.4 is 5.32 Å². The van der Waals surface area contributed by atoms with Gasteiger partial charge in [0.25, 0.3) is 0 Å². The standard InChI is InChI=1S/C30H24N8S/c1-18-7-10-25(39-18)22-11-12-33-29-26(22)35-30(36-29)28-27-24(37-38-28)9-8-23(34-27)21-13-20(16-32-17-21)15-31-14-19-5-3-2-4-6-19/h2-13,16-17,31H,14-15H2,1H3,(H,37,38)(H,33,35,36). The van der Waals surface area contributed by atoms with Crippen molar-refractivity contribution in [2.75, 3.05) is 0 Å². The lowest BCUT2D eigenvalue weighted by Gasteiger charge is -2.07. The molecule has 7 aromatic rings. The number of aromatic nitrogens is 7. The zero-order chi connectivity index (χ0) is 26.2. The number of H-pyrrole nitrogens is 2. The predicted octanol–water partition coefficient (Wildman–Crippen LogP) is 6.28. The molecule has 6 aromatic heterocycles. The quantitative estimate of drug-likeness (QED) is 0.225. The third-order valence-corrected chi connectivity index (χ3v) is 7.66. The van der Waals surface area contributed by atoms with E-state index in [1.165, 1.54) is 15.3 Å². The van der Waals surface area contributed by atoms with Crippen LogP contribution in [0.25, 0.3) is 55.4 Å². The van der Waals surface area contributed by atoms with E-state index in [4.69, 9.17) is 9.97 Å². The number of nitrogens with one attached hydrogen (secondary N) is 3. The van der Waals surface area contributed by atoms with Gasteiger partial charge in [-0.2, -0.15) is 5.10 Å². The number of fused-ring (bicyclic) bond motifs is 2. The molecule has 0 aliphatic carbocycles. The van der Waals surface area contributed by atoms with E-state index in [-0.39, 0.29) is 0 Å². The molecule has 0 bridgehead atoms. The second-order valence-corrected chi connectivity index (χ2v) is 10.7. The van der Waals surface area contributed by atoms with E-state index >= 15 is 0 Å². The Kier molecular flexibility index (Phi) is 5.92. The molecule has 0 aliphatic heterocycles. The number of nitrogens with zero attached hydrogens (tertiary/aromatic N) is 5. The lowest BCUT2D eigenvalue weighted by Crippen LogP contribution is -2.12. The summed E-state index contributed by atoms with van der Waals surface area (Å²) < 4.78 is 0. The number of pyridine rings is 3. The van der Waals surface area contributed by atoms with Gasteiger partial charge in [0.2, 0.25) is 0 Å². The molecule has 6 heterocycles. The van der Waals surface area contributed by atoms with Crippen molar-refractivity contribution in [3.63, 3.8) is 0 Å². The molecule has 0 atom stereocenters. The van der Waals surface area contributed by atoms with Crippen LogP contribution in [0.3, 0.4) is 0 Å². The van der Waals surface area contributed by atoms with Crippen LogP contribution in [0.2, 0.25) is 0 Å². The van der Waals surface area contributed by atoms with Crippen molar-refractivity contribution in [1.29, 1.82) is 0 Å². The summed E-state index contributed by atoms with van der Waals surface area (Å²) in [6, 6.07) is 22.7. The number of benzene rings is 1. The van der Waals surface area contributed by atoms with E-state index in [2.05, 4.69) is 79.9 Å². The molecular formula is C30H24N8S. The minimum atomic E-state index is 0.631. The van der Waals surface area contributed by atoms with Crippen molar-refractivity contribution in [2.24, 2.45) is 0 Å². The molecule has 9 heteroatoms. The molecule has 0 radical (unpaired) electrons. The maximum Gasteiger partial charge on any atom is 0.178 e. The van der Waals surface area contributed by atoms with Crippen molar-refractivity contribution in [2.45, 2.75) is 20.0 Å². The van der Waals surface area contributed by atoms with E-state index in [0.717, 1.165) is 45.5 Å². The summed E-state index contributed by atoms with van der Waals surface area (Å²) in [5, 5.41) is 11.1. The lowest BCUT2D eigenvalue weighted by molar-refractivity contribution is 0.691. The maximum atomic E-state index is 4.97. The van der Waals surface area contributed by atoms with Crippen molar-refractivity contribution < 1.29 is 0 Å². The SMILES string of the molecule is Cc1ccc(-c2ccnc3nc(-c4n[nH]c5ccc(-c6cncc(CNCc7ccccc7)c6)nc45)[nH]c23)s1. The fourth-order valence-corrected chi connectivity index (χ4v) is 5.60. The highest BCUT2D eigenvalue weighted by Crippen LogP contribution is 2.34. The molecule has 0 unspecified atom stereocenters. The first-order valence-electron chi connectivity index (χ1n) is 12.7. The number of thiophene rings is 1. The van der Waals surface area contributed by atoms with E-state index in [9.17, 15) is 0 Å². The monoisotopic (exact) mass is 528 g/mol. The Morgan fingerprint density at radius 2 is 1.79 bits per heavy atom. The van der Waals surface area contributed by atoms with Crippen LogP contribution in [0.1, 0.15) is 16.0 Å². The first-order chi connectivity index (χ1) is 19.2. The first kappa shape index (κ1) is 23.4. The van der Waals surface area contributed by atoms with Crippen LogP contribution in [-0.2, 0) is 13.1 Å². The molecule has 0 amide bonds. The lowest BCUT2D eigenvalue weighted by atomic mass is 10.1. The number of rotatable bonds is 7. The van der Waals surface area contributed by atoms with Crippen molar-refractivity contribution in [1.82, 2.24) is 40.4 Å². The van der Waals surface area contributed by atoms with E-state index in [0.29, 0.717) is 23.7 Å². The molecule has 0 saturated heterocycles. The number of hydrogen-bond donors (Lipinski definition) is 3. The fraction of sp³-hybridized carbons (Fsp3) is 0.100. The fourth-order valence-electron chi connectivity index (χ4n) is 4.70. The average molecular weight is 529 g/mol. The average Bonchev–Trinajstić information content (AvgIpc) is 3.71. The van der Waals surface area contributed by atoms with Crippen LogP contribution >= 0.6 is 11.3 Å². The van der Waals surface area contributed by atoms with Gasteiger partial charge in [0.1, 0.15) is 5.52 Å². The van der Waals surface area contributed by atoms with Gasteiger partial charge in [-0.05, 0) is 54.4 Å². The van der Waals surface area contributed by atoms with Crippen LogP contribution in [0.4, 0.5) is 0 Å². The molecule has 0 aliphatic rings. The van der Waals surface area contributed by atoms with Gasteiger partial charge in [-0.25, -0.2) is 15.0 Å². The molecule has 0 spiro atoms.